The van der Waals surface area contributed by atoms with Crippen molar-refractivity contribution in [2.75, 3.05) is 33.7 Å². The van der Waals surface area contributed by atoms with Crippen LogP contribution in [-0.4, -0.2) is 87.5 Å². The maximum absolute atomic E-state index is 13.9. The zero-order valence-corrected chi connectivity index (χ0v) is 26.8. The third kappa shape index (κ3) is 6.37. The molecule has 3 aliphatic rings. The molecule has 3 amide bonds. The van der Waals surface area contributed by atoms with Crippen LogP contribution in [0.2, 0.25) is 0 Å². The number of piperazine rings is 1. The lowest BCUT2D eigenvalue weighted by molar-refractivity contribution is -0.162. The summed E-state index contributed by atoms with van der Waals surface area (Å²) in [4.78, 5) is 46.0. The number of unbranched alkanes of at least 4 members (excludes halogenated alkanes) is 1. The van der Waals surface area contributed by atoms with Gasteiger partial charge in [-0.2, -0.15) is 5.10 Å². The molecule has 2 aliphatic heterocycles. The molecule has 2 aromatic rings. The molecule has 3 heterocycles. The van der Waals surface area contributed by atoms with Gasteiger partial charge in [-0.3, -0.25) is 19.3 Å². The quantitative estimate of drug-likeness (QED) is 0.460. The third-order valence-corrected chi connectivity index (χ3v) is 10.1. The molecule has 1 spiro atoms. The number of aromatic nitrogens is 2. The molecule has 1 aliphatic carbocycles. The lowest BCUT2D eigenvalue weighted by Crippen LogP contribution is -2.73. The second-order valence-corrected chi connectivity index (χ2v) is 13.2. The number of hydrogen-bond acceptors (Lipinski definition) is 5. The highest BCUT2D eigenvalue weighted by Crippen LogP contribution is 2.36. The first-order valence-corrected chi connectivity index (χ1v) is 16.4. The zero-order chi connectivity index (χ0) is 30.7. The number of nitrogens with zero attached hydrogens (tertiary/aromatic N) is 5. The first-order valence-electron chi connectivity index (χ1n) is 16.4. The molecule has 1 aromatic carbocycles. The van der Waals surface area contributed by atoms with Crippen LogP contribution in [0.15, 0.2) is 24.3 Å². The number of amides is 3. The Hall–Kier alpha value is -3.20. The topological polar surface area (TPSA) is 90.8 Å². The van der Waals surface area contributed by atoms with Gasteiger partial charge in [0.15, 0.2) is 0 Å². The second-order valence-electron chi connectivity index (χ2n) is 13.2. The lowest BCUT2D eigenvalue weighted by Gasteiger charge is -2.52. The van der Waals surface area contributed by atoms with Gasteiger partial charge in [0, 0.05) is 57.1 Å². The van der Waals surface area contributed by atoms with Crippen molar-refractivity contribution in [2.24, 2.45) is 5.92 Å². The predicted molar refractivity (Wildman–Crippen MR) is 168 cm³/mol. The van der Waals surface area contributed by atoms with E-state index in [2.05, 4.69) is 24.1 Å². The van der Waals surface area contributed by atoms with Crippen LogP contribution in [0.1, 0.15) is 98.4 Å². The Bertz CT molecular complexity index is 1300. The fraction of sp³-hybridized carbons (Fsp3) is 0.647. The van der Waals surface area contributed by atoms with E-state index in [-0.39, 0.29) is 23.8 Å². The van der Waals surface area contributed by atoms with E-state index in [1.54, 1.807) is 19.0 Å². The van der Waals surface area contributed by atoms with E-state index in [9.17, 15) is 14.4 Å². The Kier molecular flexibility index (Phi) is 9.59. The van der Waals surface area contributed by atoms with E-state index in [0.717, 1.165) is 56.0 Å². The molecule has 1 aromatic heterocycles. The molecule has 3 fully saturated rings. The van der Waals surface area contributed by atoms with E-state index in [4.69, 9.17) is 5.10 Å². The number of rotatable bonds is 9. The molecule has 2 saturated heterocycles. The van der Waals surface area contributed by atoms with Crippen molar-refractivity contribution < 1.29 is 14.4 Å². The second kappa shape index (κ2) is 13.2. The van der Waals surface area contributed by atoms with Crippen LogP contribution in [0.25, 0.3) is 5.69 Å². The van der Waals surface area contributed by atoms with Crippen LogP contribution in [0.4, 0.5) is 0 Å². The molecule has 1 unspecified atom stereocenters. The molecule has 0 radical (unpaired) electrons. The molecular formula is C34H50N6O3. The molecule has 1 N–H and O–H groups in total. The molecule has 9 heteroatoms. The third-order valence-electron chi connectivity index (χ3n) is 10.1. The average molecular weight is 591 g/mol. The van der Waals surface area contributed by atoms with Gasteiger partial charge >= 0.3 is 0 Å². The summed E-state index contributed by atoms with van der Waals surface area (Å²) in [5, 5.41) is 8.06. The zero-order valence-electron chi connectivity index (χ0n) is 26.8. The number of hydrogen-bond donors (Lipinski definition) is 1. The number of benzene rings is 1. The fourth-order valence-corrected chi connectivity index (χ4v) is 7.39. The summed E-state index contributed by atoms with van der Waals surface area (Å²) in [6.45, 7) is 9.19. The maximum atomic E-state index is 13.9. The van der Waals surface area contributed by atoms with Crippen LogP contribution in [0.3, 0.4) is 0 Å². The highest BCUT2D eigenvalue weighted by atomic mass is 16.2. The lowest BCUT2D eigenvalue weighted by atomic mass is 9.79. The van der Waals surface area contributed by atoms with Crippen LogP contribution in [0, 0.1) is 19.8 Å². The summed E-state index contributed by atoms with van der Waals surface area (Å²) in [7, 11) is 3.50. The van der Waals surface area contributed by atoms with E-state index in [0.29, 0.717) is 30.9 Å². The van der Waals surface area contributed by atoms with Gasteiger partial charge in [-0.05, 0) is 69.7 Å². The van der Waals surface area contributed by atoms with E-state index >= 15 is 0 Å². The van der Waals surface area contributed by atoms with Gasteiger partial charge in [0.2, 0.25) is 11.8 Å². The van der Waals surface area contributed by atoms with E-state index < -0.39 is 5.54 Å². The number of carbonyl (C=O) groups excluding carboxylic acids is 3. The normalized spacial score (nSPS) is 21.3. The van der Waals surface area contributed by atoms with Gasteiger partial charge in [-0.15, -0.1) is 0 Å². The summed E-state index contributed by atoms with van der Waals surface area (Å²) in [6, 6.07) is 7.20. The largest absolute Gasteiger partial charge is 0.345 e. The highest BCUT2D eigenvalue weighted by Gasteiger charge is 2.53. The molecule has 0 bridgehead atoms. The summed E-state index contributed by atoms with van der Waals surface area (Å²) in [6.07, 6.45) is 10.1. The first kappa shape index (κ1) is 31.2. The maximum Gasteiger partial charge on any atom is 0.253 e. The molecular weight excluding hydrogens is 540 g/mol. The molecule has 5 rings (SSSR count). The SMILES string of the molecule is CCCCN1C(=O)C(CC2CCCCC2)NC(=O)C12CCN(Cc1c(C)nn(-c3ccc(C(=O)N(C)C)cc3)c1C)CC2. The van der Waals surface area contributed by atoms with Gasteiger partial charge in [0.25, 0.3) is 5.91 Å². The molecule has 1 saturated carbocycles. The van der Waals surface area contributed by atoms with Crippen LogP contribution in [-0.2, 0) is 16.1 Å². The molecule has 1 atom stereocenters. The van der Waals surface area contributed by atoms with Gasteiger partial charge in [-0.25, -0.2) is 4.68 Å². The van der Waals surface area contributed by atoms with Crippen molar-refractivity contribution in [1.29, 1.82) is 0 Å². The van der Waals surface area contributed by atoms with Crippen molar-refractivity contribution >= 4 is 17.7 Å². The molecule has 43 heavy (non-hydrogen) atoms. The fourth-order valence-electron chi connectivity index (χ4n) is 7.39. The summed E-state index contributed by atoms with van der Waals surface area (Å²) in [5.74, 6) is 0.709. The number of nitrogens with one attached hydrogen (secondary N) is 1. The Morgan fingerprint density at radius 2 is 1.72 bits per heavy atom. The number of aryl methyl sites for hydroxylation is 1. The van der Waals surface area contributed by atoms with Gasteiger partial charge < -0.3 is 15.1 Å². The van der Waals surface area contributed by atoms with Gasteiger partial charge in [0.1, 0.15) is 11.6 Å². The minimum atomic E-state index is -0.744. The smallest absolute Gasteiger partial charge is 0.253 e. The minimum Gasteiger partial charge on any atom is -0.345 e. The number of carbonyl (C=O) groups is 3. The predicted octanol–water partition coefficient (Wildman–Crippen LogP) is 4.62. The minimum absolute atomic E-state index is 0.0233. The molecule has 234 valence electrons. The van der Waals surface area contributed by atoms with Gasteiger partial charge in [-0.1, -0.05) is 45.4 Å². The van der Waals surface area contributed by atoms with Crippen molar-refractivity contribution in [3.63, 3.8) is 0 Å². The summed E-state index contributed by atoms with van der Waals surface area (Å²) < 4.78 is 1.95. The molecule has 9 nitrogen and oxygen atoms in total. The summed E-state index contributed by atoms with van der Waals surface area (Å²) >= 11 is 0. The monoisotopic (exact) mass is 590 g/mol. The van der Waals surface area contributed by atoms with E-state index in [1.807, 2.05) is 40.8 Å². The Morgan fingerprint density at radius 3 is 2.35 bits per heavy atom. The number of piperidine rings is 1. The standard InChI is InChI=1S/C34H50N6O3/c1-6-7-19-39-32(42)30(22-26-11-9-8-10-12-26)35-33(43)34(39)17-20-38(21-18-34)23-29-24(2)36-40(25(29)3)28-15-13-27(14-16-28)31(41)37(4)5/h13-16,26,30H,6-12,17-23H2,1-5H3,(H,35,43). The van der Waals surface area contributed by atoms with Crippen molar-refractivity contribution in [3.05, 3.63) is 46.8 Å². The van der Waals surface area contributed by atoms with E-state index in [1.165, 1.54) is 37.7 Å². The van der Waals surface area contributed by atoms with Crippen LogP contribution in [0.5, 0.6) is 0 Å². The highest BCUT2D eigenvalue weighted by molar-refractivity contribution is 6.00. The van der Waals surface area contributed by atoms with Crippen molar-refractivity contribution in [2.45, 2.75) is 103 Å². The van der Waals surface area contributed by atoms with Crippen LogP contribution < -0.4 is 5.32 Å². The first-order chi connectivity index (χ1) is 20.6. The van der Waals surface area contributed by atoms with Crippen LogP contribution >= 0.6 is 0 Å². The average Bonchev–Trinajstić information content (AvgIpc) is 3.29. The van der Waals surface area contributed by atoms with Crippen molar-refractivity contribution in [1.82, 2.24) is 29.8 Å². The van der Waals surface area contributed by atoms with Gasteiger partial charge in [0.05, 0.1) is 11.4 Å². The van der Waals surface area contributed by atoms with Crippen molar-refractivity contribution in [3.8, 4) is 5.69 Å². The Labute approximate surface area is 257 Å². The number of likely N-dealkylation sites (tertiary alicyclic amines) is 1. The Morgan fingerprint density at radius 1 is 1.05 bits per heavy atom. The Balaban J connectivity index is 1.27. The summed E-state index contributed by atoms with van der Waals surface area (Å²) in [5.41, 5.74) is 4.06.